The van der Waals surface area contributed by atoms with Gasteiger partial charge >= 0.3 is 0 Å². The summed E-state index contributed by atoms with van der Waals surface area (Å²) < 4.78 is 0.993. The van der Waals surface area contributed by atoms with E-state index >= 15 is 0 Å². The Kier molecular flexibility index (Phi) is 4.89. The molecule has 3 N–H and O–H groups in total. The number of benzene rings is 1. The zero-order valence-electron chi connectivity index (χ0n) is 8.92. The lowest BCUT2D eigenvalue weighted by Crippen LogP contribution is -2.27. The lowest BCUT2D eigenvalue weighted by Gasteiger charge is -2.06. The van der Waals surface area contributed by atoms with Gasteiger partial charge in [0.1, 0.15) is 0 Å². The van der Waals surface area contributed by atoms with E-state index in [9.17, 15) is 4.79 Å². The molecule has 0 atom stereocenters. The summed E-state index contributed by atoms with van der Waals surface area (Å²) in [5, 5.41) is 2.76. The Bertz CT molecular complexity index is 420. The number of amides is 1. The Labute approximate surface area is 109 Å². The number of nitrogens with one attached hydrogen (secondary N) is 1. The topological polar surface area (TPSA) is 55.1 Å². The standard InChI is InChI=1S/C11H13BrN2OS/c1-7-6-8(2-3-9(7)12)11(15)14-5-4-10(13)16/h2-3,6H,4-5H2,1H3,(H2,13,16)(H,14,15). The van der Waals surface area contributed by atoms with E-state index in [0.717, 1.165) is 10.0 Å². The van der Waals surface area contributed by atoms with Crippen molar-refractivity contribution in [2.45, 2.75) is 13.3 Å². The molecule has 0 bridgehead atoms. The van der Waals surface area contributed by atoms with Crippen LogP contribution in [0.3, 0.4) is 0 Å². The number of hydrogen-bond acceptors (Lipinski definition) is 2. The van der Waals surface area contributed by atoms with Crippen LogP contribution in [0.2, 0.25) is 0 Å². The van der Waals surface area contributed by atoms with Crippen molar-refractivity contribution in [3.05, 3.63) is 33.8 Å². The molecule has 0 aliphatic rings. The maximum atomic E-state index is 11.7. The van der Waals surface area contributed by atoms with Crippen LogP contribution in [-0.2, 0) is 0 Å². The van der Waals surface area contributed by atoms with Crippen LogP contribution in [0.5, 0.6) is 0 Å². The first-order chi connectivity index (χ1) is 7.50. The highest BCUT2D eigenvalue weighted by Gasteiger charge is 2.06. The second kappa shape index (κ2) is 5.96. The van der Waals surface area contributed by atoms with Crippen LogP contribution >= 0.6 is 28.1 Å². The molecule has 0 spiro atoms. The SMILES string of the molecule is Cc1cc(C(=O)NCCC(N)=S)ccc1Br. The highest BCUT2D eigenvalue weighted by atomic mass is 79.9. The maximum absolute atomic E-state index is 11.7. The minimum absolute atomic E-state index is 0.105. The molecule has 1 aromatic carbocycles. The van der Waals surface area contributed by atoms with E-state index in [1.807, 2.05) is 19.1 Å². The van der Waals surface area contributed by atoms with Crippen molar-refractivity contribution < 1.29 is 4.79 Å². The minimum atomic E-state index is -0.105. The van der Waals surface area contributed by atoms with Crippen LogP contribution in [-0.4, -0.2) is 17.4 Å². The molecule has 0 saturated heterocycles. The molecule has 0 aliphatic heterocycles. The van der Waals surface area contributed by atoms with Gasteiger partial charge in [-0.1, -0.05) is 28.1 Å². The molecule has 5 heteroatoms. The highest BCUT2D eigenvalue weighted by molar-refractivity contribution is 9.10. The zero-order valence-corrected chi connectivity index (χ0v) is 11.3. The summed E-state index contributed by atoms with van der Waals surface area (Å²) in [5.74, 6) is -0.105. The van der Waals surface area contributed by atoms with Crippen molar-refractivity contribution >= 4 is 39.0 Å². The fraction of sp³-hybridized carbons (Fsp3) is 0.273. The van der Waals surface area contributed by atoms with E-state index in [4.69, 9.17) is 18.0 Å². The third kappa shape index (κ3) is 3.90. The Balaban J connectivity index is 2.59. The van der Waals surface area contributed by atoms with E-state index in [0.29, 0.717) is 23.5 Å². The van der Waals surface area contributed by atoms with E-state index in [-0.39, 0.29) is 5.91 Å². The van der Waals surface area contributed by atoms with Gasteiger partial charge in [-0.05, 0) is 30.7 Å². The normalized spacial score (nSPS) is 9.88. The summed E-state index contributed by atoms with van der Waals surface area (Å²) in [6.45, 7) is 2.42. The van der Waals surface area contributed by atoms with Gasteiger partial charge in [-0.2, -0.15) is 0 Å². The van der Waals surface area contributed by atoms with E-state index in [1.54, 1.807) is 6.07 Å². The number of thiocarbonyl (C=S) groups is 1. The van der Waals surface area contributed by atoms with Crippen molar-refractivity contribution in [2.75, 3.05) is 6.54 Å². The number of rotatable bonds is 4. The molecule has 1 aromatic rings. The van der Waals surface area contributed by atoms with Gasteiger partial charge in [-0.15, -0.1) is 0 Å². The summed E-state index contributed by atoms with van der Waals surface area (Å²) in [7, 11) is 0. The van der Waals surface area contributed by atoms with Gasteiger partial charge < -0.3 is 11.1 Å². The first-order valence-electron chi connectivity index (χ1n) is 4.83. The lowest BCUT2D eigenvalue weighted by molar-refractivity contribution is 0.0954. The van der Waals surface area contributed by atoms with Crippen molar-refractivity contribution in [1.82, 2.24) is 5.32 Å². The number of carbonyl (C=O) groups excluding carboxylic acids is 1. The molecule has 0 heterocycles. The van der Waals surface area contributed by atoms with Gasteiger partial charge in [0, 0.05) is 23.0 Å². The van der Waals surface area contributed by atoms with E-state index in [2.05, 4.69) is 21.2 Å². The first-order valence-corrected chi connectivity index (χ1v) is 6.03. The van der Waals surface area contributed by atoms with Gasteiger partial charge in [0.05, 0.1) is 4.99 Å². The summed E-state index contributed by atoms with van der Waals surface area (Å²) in [4.78, 5) is 12.1. The predicted octanol–water partition coefficient (Wildman–Crippen LogP) is 2.16. The smallest absolute Gasteiger partial charge is 0.251 e. The molecule has 0 fully saturated rings. The Hall–Kier alpha value is -0.940. The Morgan fingerprint density at radius 1 is 1.56 bits per heavy atom. The van der Waals surface area contributed by atoms with Crippen molar-refractivity contribution in [3.8, 4) is 0 Å². The number of aryl methyl sites for hydroxylation is 1. The molecular formula is C11H13BrN2OS. The third-order valence-corrected chi connectivity index (χ3v) is 3.17. The second-order valence-corrected chi connectivity index (χ2v) is 4.81. The predicted molar refractivity (Wildman–Crippen MR) is 72.6 cm³/mol. The maximum Gasteiger partial charge on any atom is 0.251 e. The quantitative estimate of drug-likeness (QED) is 0.838. The first kappa shape index (κ1) is 13.1. The molecular weight excluding hydrogens is 288 g/mol. The molecule has 0 aliphatic carbocycles. The van der Waals surface area contributed by atoms with Gasteiger partial charge in [-0.25, -0.2) is 0 Å². The number of nitrogens with two attached hydrogens (primary N) is 1. The molecule has 3 nitrogen and oxygen atoms in total. The summed E-state index contributed by atoms with van der Waals surface area (Å²) in [6.07, 6.45) is 0.524. The number of halogens is 1. The Morgan fingerprint density at radius 2 is 2.25 bits per heavy atom. The molecule has 1 rings (SSSR count). The summed E-state index contributed by atoms with van der Waals surface area (Å²) in [5.41, 5.74) is 7.01. The van der Waals surface area contributed by atoms with Crippen molar-refractivity contribution in [2.24, 2.45) is 5.73 Å². The van der Waals surface area contributed by atoms with Gasteiger partial charge in [0.2, 0.25) is 0 Å². The molecule has 0 saturated carbocycles. The zero-order chi connectivity index (χ0) is 12.1. The fourth-order valence-corrected chi connectivity index (χ4v) is 1.54. The average molecular weight is 301 g/mol. The summed E-state index contributed by atoms with van der Waals surface area (Å²) in [6, 6.07) is 5.46. The van der Waals surface area contributed by atoms with Crippen LogP contribution < -0.4 is 11.1 Å². The van der Waals surface area contributed by atoms with Crippen molar-refractivity contribution in [3.63, 3.8) is 0 Å². The minimum Gasteiger partial charge on any atom is -0.393 e. The van der Waals surface area contributed by atoms with E-state index < -0.39 is 0 Å². The number of hydrogen-bond donors (Lipinski definition) is 2. The van der Waals surface area contributed by atoms with Gasteiger partial charge in [0.15, 0.2) is 0 Å². The van der Waals surface area contributed by atoms with E-state index in [1.165, 1.54) is 0 Å². The molecule has 16 heavy (non-hydrogen) atoms. The second-order valence-electron chi connectivity index (χ2n) is 3.44. The largest absolute Gasteiger partial charge is 0.393 e. The van der Waals surface area contributed by atoms with Gasteiger partial charge in [0.25, 0.3) is 5.91 Å². The average Bonchev–Trinajstić information content (AvgIpc) is 2.21. The molecule has 86 valence electrons. The van der Waals surface area contributed by atoms with Gasteiger partial charge in [-0.3, -0.25) is 4.79 Å². The molecule has 0 unspecified atom stereocenters. The number of carbonyl (C=O) groups is 1. The fourth-order valence-electron chi connectivity index (χ4n) is 1.19. The van der Waals surface area contributed by atoms with Crippen LogP contribution in [0.1, 0.15) is 22.3 Å². The van der Waals surface area contributed by atoms with Crippen molar-refractivity contribution in [1.29, 1.82) is 0 Å². The monoisotopic (exact) mass is 300 g/mol. The van der Waals surface area contributed by atoms with Crippen LogP contribution in [0.15, 0.2) is 22.7 Å². The molecule has 0 aromatic heterocycles. The third-order valence-electron chi connectivity index (χ3n) is 2.08. The molecule has 0 radical (unpaired) electrons. The van der Waals surface area contributed by atoms with Crippen LogP contribution in [0.25, 0.3) is 0 Å². The lowest BCUT2D eigenvalue weighted by atomic mass is 10.1. The highest BCUT2D eigenvalue weighted by Crippen LogP contribution is 2.16. The van der Waals surface area contributed by atoms with Crippen LogP contribution in [0.4, 0.5) is 0 Å². The van der Waals surface area contributed by atoms with Crippen LogP contribution in [0, 0.1) is 6.92 Å². The molecule has 1 amide bonds. The summed E-state index contributed by atoms with van der Waals surface area (Å²) >= 11 is 8.11. The Morgan fingerprint density at radius 3 is 2.81 bits per heavy atom.